The van der Waals surface area contributed by atoms with Crippen molar-refractivity contribution < 1.29 is 19.2 Å². The lowest BCUT2D eigenvalue weighted by Gasteiger charge is -2.12. The van der Waals surface area contributed by atoms with E-state index in [1.807, 2.05) is 25.1 Å². The molecule has 0 heterocycles. The number of nitro benzene ring substituents is 1. The molecule has 0 aliphatic rings. The molecule has 0 aliphatic carbocycles. The Morgan fingerprint density at radius 1 is 1.11 bits per heavy atom. The highest BCUT2D eigenvalue weighted by atomic mass is 79.9. The van der Waals surface area contributed by atoms with Crippen LogP contribution < -0.4 is 14.8 Å². The van der Waals surface area contributed by atoms with Gasteiger partial charge in [-0.1, -0.05) is 6.07 Å². The van der Waals surface area contributed by atoms with Crippen LogP contribution in [0.2, 0.25) is 0 Å². The van der Waals surface area contributed by atoms with E-state index in [0.29, 0.717) is 31.7 Å². The van der Waals surface area contributed by atoms with Gasteiger partial charge < -0.3 is 14.8 Å². The summed E-state index contributed by atoms with van der Waals surface area (Å²) < 4.78 is 12.6. The van der Waals surface area contributed by atoms with Crippen molar-refractivity contribution in [1.29, 1.82) is 5.26 Å². The number of rotatable bonds is 8. The third kappa shape index (κ3) is 6.68. The molecular formula is C25H19Br2N3O5. The molecule has 3 aromatic carbocycles. The summed E-state index contributed by atoms with van der Waals surface area (Å²) in [5.41, 5.74) is 2.75. The lowest BCUT2D eigenvalue weighted by atomic mass is 10.1. The standard InChI is InChI=1S/C25H19Br2N3O5/c1-15-9-20(26)24(21(27)10-15)29-25(31)18(13-28)11-17-5-8-22(23(12-17)34-2)35-14-16-3-6-19(7-4-16)30(32)33/h3-12H,14H2,1-2H3,(H,29,31)/b18-11+. The lowest BCUT2D eigenvalue weighted by Crippen LogP contribution is -2.14. The number of methoxy groups -OCH3 is 1. The molecule has 0 saturated heterocycles. The minimum atomic E-state index is -0.560. The summed E-state index contributed by atoms with van der Waals surface area (Å²) in [6.45, 7) is 2.10. The maximum Gasteiger partial charge on any atom is 0.269 e. The van der Waals surface area contributed by atoms with E-state index in [1.54, 1.807) is 30.3 Å². The number of nitrogens with zero attached hydrogens (tertiary/aromatic N) is 2. The van der Waals surface area contributed by atoms with Crippen LogP contribution in [0.3, 0.4) is 0 Å². The summed E-state index contributed by atoms with van der Waals surface area (Å²) in [6.07, 6.45) is 1.45. The number of carbonyl (C=O) groups excluding carboxylic acids is 1. The van der Waals surface area contributed by atoms with Crippen molar-refractivity contribution in [2.75, 3.05) is 12.4 Å². The molecule has 0 atom stereocenters. The molecule has 0 spiro atoms. The van der Waals surface area contributed by atoms with Crippen molar-refractivity contribution in [2.45, 2.75) is 13.5 Å². The Hall–Kier alpha value is -3.68. The number of benzene rings is 3. The van der Waals surface area contributed by atoms with Crippen LogP contribution in [0, 0.1) is 28.4 Å². The topological polar surface area (TPSA) is 114 Å². The second-order valence-electron chi connectivity index (χ2n) is 7.35. The summed E-state index contributed by atoms with van der Waals surface area (Å²) in [5.74, 6) is 0.288. The number of hydrogen-bond donors (Lipinski definition) is 1. The minimum absolute atomic E-state index is 0.00176. The van der Waals surface area contributed by atoms with Gasteiger partial charge in [-0.2, -0.15) is 5.26 Å². The van der Waals surface area contributed by atoms with Crippen molar-refractivity contribution in [1.82, 2.24) is 0 Å². The molecular weight excluding hydrogens is 582 g/mol. The van der Waals surface area contributed by atoms with E-state index in [0.717, 1.165) is 11.1 Å². The van der Waals surface area contributed by atoms with Crippen molar-refractivity contribution >= 4 is 55.2 Å². The van der Waals surface area contributed by atoms with Gasteiger partial charge in [0.05, 0.1) is 17.7 Å². The van der Waals surface area contributed by atoms with Crippen LogP contribution in [0.5, 0.6) is 11.5 Å². The molecule has 1 amide bonds. The molecule has 3 rings (SSSR count). The average molecular weight is 601 g/mol. The van der Waals surface area contributed by atoms with Gasteiger partial charge in [-0.25, -0.2) is 0 Å². The predicted molar refractivity (Wildman–Crippen MR) is 139 cm³/mol. The second-order valence-corrected chi connectivity index (χ2v) is 9.06. The fourth-order valence-corrected chi connectivity index (χ4v) is 4.70. The largest absolute Gasteiger partial charge is 0.493 e. The van der Waals surface area contributed by atoms with Crippen LogP contribution in [0.15, 0.2) is 69.1 Å². The van der Waals surface area contributed by atoms with Gasteiger partial charge in [-0.15, -0.1) is 0 Å². The molecule has 0 aromatic heterocycles. The SMILES string of the molecule is COc1cc(/C=C(\C#N)C(=O)Nc2c(Br)cc(C)cc2Br)ccc1OCc1ccc([N+](=O)[O-])cc1. The Kier molecular flexibility index (Phi) is 8.63. The first-order valence-electron chi connectivity index (χ1n) is 10.1. The van der Waals surface area contributed by atoms with Crippen LogP contribution in [0.25, 0.3) is 6.08 Å². The first-order valence-corrected chi connectivity index (χ1v) is 11.7. The maximum absolute atomic E-state index is 12.7. The quantitative estimate of drug-likeness (QED) is 0.135. The summed E-state index contributed by atoms with van der Waals surface area (Å²) >= 11 is 6.85. The van der Waals surface area contributed by atoms with E-state index in [2.05, 4.69) is 37.2 Å². The van der Waals surface area contributed by atoms with Crippen molar-refractivity contribution in [2.24, 2.45) is 0 Å². The zero-order chi connectivity index (χ0) is 25.5. The van der Waals surface area contributed by atoms with E-state index in [9.17, 15) is 20.2 Å². The number of aryl methyl sites for hydroxylation is 1. The highest BCUT2D eigenvalue weighted by molar-refractivity contribution is 9.11. The third-order valence-electron chi connectivity index (χ3n) is 4.83. The number of carbonyl (C=O) groups is 1. The Bertz CT molecular complexity index is 1330. The minimum Gasteiger partial charge on any atom is -0.493 e. The van der Waals surface area contributed by atoms with Crippen LogP contribution >= 0.6 is 31.9 Å². The van der Waals surface area contributed by atoms with E-state index in [4.69, 9.17) is 9.47 Å². The Balaban J connectivity index is 1.76. The maximum atomic E-state index is 12.7. The number of hydrogen-bond acceptors (Lipinski definition) is 6. The van der Waals surface area contributed by atoms with Crippen molar-refractivity contribution in [3.05, 3.63) is 95.9 Å². The fraction of sp³-hybridized carbons (Fsp3) is 0.120. The number of nitriles is 1. The average Bonchev–Trinajstić information content (AvgIpc) is 2.83. The van der Waals surface area contributed by atoms with Gasteiger partial charge >= 0.3 is 0 Å². The number of amides is 1. The molecule has 1 N–H and O–H groups in total. The van der Waals surface area contributed by atoms with Gasteiger partial charge in [0.1, 0.15) is 18.2 Å². The van der Waals surface area contributed by atoms with Gasteiger partial charge in [0.15, 0.2) is 11.5 Å². The number of nitrogens with one attached hydrogen (secondary N) is 1. The van der Waals surface area contributed by atoms with Gasteiger partial charge in [0.2, 0.25) is 0 Å². The number of anilines is 1. The normalized spacial score (nSPS) is 10.9. The van der Waals surface area contributed by atoms with Crippen molar-refractivity contribution in [3.8, 4) is 17.6 Å². The van der Waals surface area contributed by atoms with Gasteiger partial charge in [0.25, 0.3) is 11.6 Å². The fourth-order valence-electron chi connectivity index (χ4n) is 3.08. The molecule has 0 radical (unpaired) electrons. The highest BCUT2D eigenvalue weighted by Gasteiger charge is 2.15. The summed E-state index contributed by atoms with van der Waals surface area (Å²) in [6, 6.07) is 16.7. The van der Waals surface area contributed by atoms with Crippen LogP contribution in [-0.4, -0.2) is 17.9 Å². The predicted octanol–water partition coefficient (Wildman–Crippen LogP) is 6.56. The molecule has 0 aliphatic heterocycles. The molecule has 0 bridgehead atoms. The molecule has 178 valence electrons. The lowest BCUT2D eigenvalue weighted by molar-refractivity contribution is -0.384. The summed E-state index contributed by atoms with van der Waals surface area (Å²) in [7, 11) is 1.48. The van der Waals surface area contributed by atoms with Crippen LogP contribution in [0.4, 0.5) is 11.4 Å². The van der Waals surface area contributed by atoms with E-state index in [1.165, 1.54) is 25.3 Å². The molecule has 0 unspecified atom stereocenters. The van der Waals surface area contributed by atoms with Crippen molar-refractivity contribution in [3.63, 3.8) is 0 Å². The molecule has 0 fully saturated rings. The van der Waals surface area contributed by atoms with Gasteiger partial charge in [-0.05, 0) is 97.9 Å². The first kappa shape index (κ1) is 25.9. The highest BCUT2D eigenvalue weighted by Crippen LogP contribution is 2.33. The zero-order valence-electron chi connectivity index (χ0n) is 18.7. The molecule has 10 heteroatoms. The van der Waals surface area contributed by atoms with E-state index in [-0.39, 0.29) is 17.9 Å². The first-order chi connectivity index (χ1) is 16.7. The monoisotopic (exact) mass is 599 g/mol. The number of non-ortho nitro benzene ring substituents is 1. The molecule has 8 nitrogen and oxygen atoms in total. The zero-order valence-corrected chi connectivity index (χ0v) is 21.8. The van der Waals surface area contributed by atoms with Crippen LogP contribution in [-0.2, 0) is 11.4 Å². The van der Waals surface area contributed by atoms with E-state index < -0.39 is 10.8 Å². The third-order valence-corrected chi connectivity index (χ3v) is 6.08. The number of ether oxygens (including phenoxy) is 2. The Morgan fingerprint density at radius 3 is 2.34 bits per heavy atom. The summed E-state index contributed by atoms with van der Waals surface area (Å²) in [5, 5.41) is 23.1. The smallest absolute Gasteiger partial charge is 0.269 e. The Labute approximate surface area is 218 Å². The number of halogens is 2. The van der Waals surface area contributed by atoms with E-state index >= 15 is 0 Å². The number of nitro groups is 1. The molecule has 35 heavy (non-hydrogen) atoms. The van der Waals surface area contributed by atoms with Gasteiger partial charge in [-0.3, -0.25) is 14.9 Å². The summed E-state index contributed by atoms with van der Waals surface area (Å²) in [4.78, 5) is 23.1. The Morgan fingerprint density at radius 2 is 1.77 bits per heavy atom. The molecule has 3 aromatic rings. The van der Waals surface area contributed by atoms with Crippen LogP contribution in [0.1, 0.15) is 16.7 Å². The van der Waals surface area contributed by atoms with Gasteiger partial charge in [0, 0.05) is 21.1 Å². The molecule has 0 saturated carbocycles. The second kappa shape index (κ2) is 11.6.